The van der Waals surface area contributed by atoms with E-state index in [1.807, 2.05) is 0 Å². The third-order valence-electron chi connectivity index (χ3n) is 4.76. The van der Waals surface area contributed by atoms with E-state index in [2.05, 4.69) is 36.4 Å². The first-order valence-electron chi connectivity index (χ1n) is 9.27. The van der Waals surface area contributed by atoms with Gasteiger partial charge in [0.1, 0.15) is 17.4 Å². The number of nitrogens with one attached hydrogen (secondary N) is 1. The molecule has 2 amide bonds. The minimum atomic E-state index is -1.63. The van der Waals surface area contributed by atoms with Crippen LogP contribution in [0.3, 0.4) is 0 Å². The Labute approximate surface area is 199 Å². The number of methoxy groups -OCH3 is 1. The van der Waals surface area contributed by atoms with Gasteiger partial charge in [-0.25, -0.2) is 14.2 Å². The molecule has 176 valence electrons. The first-order chi connectivity index (χ1) is 15.9. The SMILES string of the molecule is CO[C@]1(NC(=O)CSCn2cnnn2)C(=O)N2C(C(=O)O)=C(CSc3nnnn3C)CSC21. The molecule has 2 aromatic heterocycles. The summed E-state index contributed by atoms with van der Waals surface area (Å²) in [6.07, 6.45) is 1.42. The third-order valence-corrected chi connectivity index (χ3v) is 8.15. The van der Waals surface area contributed by atoms with Crippen LogP contribution in [0.15, 0.2) is 22.8 Å². The van der Waals surface area contributed by atoms with Crippen LogP contribution in [0.4, 0.5) is 0 Å². The summed E-state index contributed by atoms with van der Waals surface area (Å²) < 4.78 is 8.37. The van der Waals surface area contributed by atoms with Crippen molar-refractivity contribution in [3.63, 3.8) is 0 Å². The van der Waals surface area contributed by atoms with E-state index in [1.54, 1.807) is 7.05 Å². The summed E-state index contributed by atoms with van der Waals surface area (Å²) in [7, 11) is 2.98. The second-order valence-corrected chi connectivity index (χ2v) is 9.75. The van der Waals surface area contributed by atoms with Crippen LogP contribution >= 0.6 is 35.3 Å². The van der Waals surface area contributed by atoms with Gasteiger partial charge in [-0.1, -0.05) is 11.8 Å². The summed E-state index contributed by atoms with van der Waals surface area (Å²) in [6.45, 7) is 0. The van der Waals surface area contributed by atoms with Crippen molar-refractivity contribution >= 4 is 53.1 Å². The van der Waals surface area contributed by atoms with Crippen molar-refractivity contribution in [1.29, 1.82) is 0 Å². The van der Waals surface area contributed by atoms with Gasteiger partial charge >= 0.3 is 5.97 Å². The van der Waals surface area contributed by atoms with Gasteiger partial charge in [0.25, 0.3) is 11.6 Å². The van der Waals surface area contributed by atoms with Crippen LogP contribution in [0.1, 0.15) is 0 Å². The number of aryl methyl sites for hydroxylation is 1. The first kappa shape index (κ1) is 23.5. The predicted molar refractivity (Wildman–Crippen MR) is 115 cm³/mol. The van der Waals surface area contributed by atoms with E-state index >= 15 is 0 Å². The molecule has 15 nitrogen and oxygen atoms in total. The fraction of sp³-hybridized carbons (Fsp3) is 0.533. The smallest absolute Gasteiger partial charge is 0.352 e. The second-order valence-electron chi connectivity index (χ2n) is 6.78. The molecule has 33 heavy (non-hydrogen) atoms. The predicted octanol–water partition coefficient (Wildman–Crippen LogP) is -1.61. The normalized spacial score (nSPS) is 22.2. The van der Waals surface area contributed by atoms with Crippen LogP contribution in [0.2, 0.25) is 0 Å². The number of aliphatic carboxylic acids is 1. The molecule has 18 heteroatoms. The minimum absolute atomic E-state index is 0.0326. The van der Waals surface area contributed by atoms with Crippen LogP contribution in [0.5, 0.6) is 0 Å². The molecule has 2 atom stereocenters. The Morgan fingerprint density at radius 1 is 1.39 bits per heavy atom. The number of thioether (sulfide) groups is 3. The Morgan fingerprint density at radius 2 is 2.21 bits per heavy atom. The molecule has 0 aromatic carbocycles. The van der Waals surface area contributed by atoms with Gasteiger partial charge in [-0.15, -0.1) is 33.7 Å². The summed E-state index contributed by atoms with van der Waals surface area (Å²) in [5.74, 6) is -1.28. The van der Waals surface area contributed by atoms with Crippen molar-refractivity contribution in [1.82, 2.24) is 50.6 Å². The lowest BCUT2D eigenvalue weighted by atomic mass is 9.98. The number of tetrazole rings is 2. The number of ether oxygens (including phenoxy) is 1. The molecule has 2 aliphatic rings. The zero-order valence-electron chi connectivity index (χ0n) is 17.3. The van der Waals surface area contributed by atoms with Crippen LogP contribution in [-0.4, -0.2) is 104 Å². The van der Waals surface area contributed by atoms with E-state index in [4.69, 9.17) is 4.74 Å². The fourth-order valence-corrected chi connectivity index (χ4v) is 6.35. The molecule has 2 aromatic rings. The molecule has 1 fully saturated rings. The van der Waals surface area contributed by atoms with Crippen LogP contribution in [0.25, 0.3) is 0 Å². The highest BCUT2D eigenvalue weighted by atomic mass is 32.2. The van der Waals surface area contributed by atoms with Crippen molar-refractivity contribution in [3.05, 3.63) is 17.6 Å². The van der Waals surface area contributed by atoms with Crippen LogP contribution in [-0.2, 0) is 32.0 Å². The van der Waals surface area contributed by atoms with Gasteiger partial charge in [0.05, 0.1) is 11.6 Å². The standard InChI is InChI=1S/C15H18N10O5S3/c1-23-14(18-20-21-23)33-4-8-3-32-13-15(30-2,12(29)25(13)10(8)11(27)28)17-9(26)5-31-7-24-6-16-19-22-24/h6,13H,3-5,7H2,1-2H3,(H,17,26)(H,27,28)/t13?,15-/m1/s1. The van der Waals surface area contributed by atoms with Crippen LogP contribution < -0.4 is 5.32 Å². The number of carboxylic acid groups (broad SMARTS) is 1. The largest absolute Gasteiger partial charge is 0.477 e. The Bertz CT molecular complexity index is 1090. The maximum Gasteiger partial charge on any atom is 0.352 e. The molecule has 1 unspecified atom stereocenters. The van der Waals surface area contributed by atoms with Gasteiger partial charge in [0.2, 0.25) is 11.1 Å². The monoisotopic (exact) mass is 514 g/mol. The lowest BCUT2D eigenvalue weighted by Crippen LogP contribution is -2.80. The number of nitrogens with zero attached hydrogens (tertiary/aromatic N) is 9. The lowest BCUT2D eigenvalue weighted by molar-refractivity contribution is -0.192. The average molecular weight is 515 g/mol. The lowest BCUT2D eigenvalue weighted by Gasteiger charge is -2.55. The molecule has 0 radical (unpaired) electrons. The van der Waals surface area contributed by atoms with Crippen molar-refractivity contribution < 1.29 is 24.2 Å². The highest BCUT2D eigenvalue weighted by molar-refractivity contribution is 8.01. The number of hydrogen-bond donors (Lipinski definition) is 2. The molecule has 0 spiro atoms. The Balaban J connectivity index is 1.44. The zero-order chi connectivity index (χ0) is 23.6. The fourth-order valence-electron chi connectivity index (χ4n) is 3.26. The highest BCUT2D eigenvalue weighted by Gasteiger charge is 2.66. The van der Waals surface area contributed by atoms with Crippen molar-refractivity contribution in [2.24, 2.45) is 7.05 Å². The summed E-state index contributed by atoms with van der Waals surface area (Å²) in [5, 5.41) is 34.2. The van der Waals surface area contributed by atoms with Crippen molar-refractivity contribution in [2.75, 3.05) is 24.4 Å². The van der Waals surface area contributed by atoms with E-state index in [9.17, 15) is 19.5 Å². The van der Waals surface area contributed by atoms with E-state index in [0.29, 0.717) is 28.1 Å². The van der Waals surface area contributed by atoms with Crippen LogP contribution in [0, 0.1) is 0 Å². The molecule has 2 N–H and O–H groups in total. The number of rotatable bonds is 10. The summed E-state index contributed by atoms with van der Waals surface area (Å²) in [4.78, 5) is 38.8. The average Bonchev–Trinajstić information content (AvgIpc) is 3.46. The Kier molecular flexibility index (Phi) is 6.86. The minimum Gasteiger partial charge on any atom is -0.477 e. The van der Waals surface area contributed by atoms with E-state index in [0.717, 1.165) is 0 Å². The second kappa shape index (κ2) is 9.65. The molecule has 0 bridgehead atoms. The van der Waals surface area contributed by atoms with Gasteiger partial charge in [-0.05, 0) is 26.4 Å². The number of fused-ring (bicyclic) bond motifs is 1. The third kappa shape index (κ3) is 4.42. The number of hydrogen-bond acceptors (Lipinski definition) is 13. The topological polar surface area (TPSA) is 183 Å². The first-order valence-corrected chi connectivity index (χ1v) is 12.5. The molecule has 2 aliphatic heterocycles. The molecular weight excluding hydrogens is 496 g/mol. The number of amides is 2. The highest BCUT2D eigenvalue weighted by Crippen LogP contribution is 2.47. The van der Waals surface area contributed by atoms with Gasteiger partial charge in [0, 0.05) is 25.7 Å². The Hall–Kier alpha value is -2.70. The van der Waals surface area contributed by atoms with Crippen molar-refractivity contribution in [3.8, 4) is 0 Å². The molecule has 4 heterocycles. The molecule has 0 aliphatic carbocycles. The van der Waals surface area contributed by atoms with Gasteiger partial charge in [0.15, 0.2) is 0 Å². The van der Waals surface area contributed by atoms with E-state index in [1.165, 1.54) is 63.0 Å². The number of carbonyl (C=O) groups excluding carboxylic acids is 2. The van der Waals surface area contributed by atoms with E-state index in [-0.39, 0.29) is 11.4 Å². The maximum atomic E-state index is 13.1. The molecule has 4 rings (SSSR count). The van der Waals surface area contributed by atoms with Gasteiger partial charge in [-0.3, -0.25) is 14.5 Å². The maximum absolute atomic E-state index is 13.1. The van der Waals surface area contributed by atoms with Gasteiger partial charge < -0.3 is 15.2 Å². The van der Waals surface area contributed by atoms with E-state index < -0.39 is 28.9 Å². The Morgan fingerprint density at radius 3 is 2.85 bits per heavy atom. The van der Waals surface area contributed by atoms with Gasteiger partial charge in [-0.2, -0.15) is 0 Å². The number of carboxylic acids is 1. The number of β-lactam (4-membered cyclic amide) rings is 1. The molecule has 0 saturated carbocycles. The molecule has 1 saturated heterocycles. The quantitative estimate of drug-likeness (QED) is 0.210. The molecular formula is C15H18N10O5S3. The summed E-state index contributed by atoms with van der Waals surface area (Å²) in [6, 6.07) is 0. The van der Waals surface area contributed by atoms with Crippen molar-refractivity contribution in [2.45, 2.75) is 22.1 Å². The summed E-state index contributed by atoms with van der Waals surface area (Å²) >= 11 is 3.83. The zero-order valence-corrected chi connectivity index (χ0v) is 19.8. The number of carbonyl (C=O) groups is 3. The number of aromatic nitrogens is 8. The summed E-state index contributed by atoms with van der Waals surface area (Å²) in [5.41, 5.74) is -1.19.